The van der Waals surface area contributed by atoms with E-state index in [-0.39, 0.29) is 10.8 Å². The summed E-state index contributed by atoms with van der Waals surface area (Å²) in [5, 5.41) is 0. The van der Waals surface area contributed by atoms with Crippen LogP contribution in [0.5, 0.6) is 0 Å². The highest BCUT2D eigenvalue weighted by atomic mass is 15.2. The van der Waals surface area contributed by atoms with Crippen LogP contribution in [0.25, 0.3) is 0 Å². The molecule has 0 atom stereocenters. The number of hydrogen-bond acceptors (Lipinski definition) is 1. The zero-order valence-electron chi connectivity index (χ0n) is 25.3. The zero-order chi connectivity index (χ0) is 28.3. The lowest BCUT2D eigenvalue weighted by atomic mass is 9.81. The molecule has 0 amide bonds. The molecule has 2 nitrogen and oxygen atoms in total. The summed E-state index contributed by atoms with van der Waals surface area (Å²) >= 11 is 0. The fraction of sp³-hybridized carbons (Fsp3) is 0.417. The van der Waals surface area contributed by atoms with Crippen LogP contribution in [0.15, 0.2) is 109 Å². The molecule has 0 unspecified atom stereocenters. The van der Waals surface area contributed by atoms with Crippen LogP contribution in [0.2, 0.25) is 0 Å². The molecule has 0 spiro atoms. The molecular weight excluding hydrogens is 460 g/mol. The summed E-state index contributed by atoms with van der Waals surface area (Å²) in [5.74, 6) is 0. The van der Waals surface area contributed by atoms with Crippen LogP contribution < -0.4 is 0 Å². The molecule has 2 heteroatoms. The summed E-state index contributed by atoms with van der Waals surface area (Å²) in [6.45, 7) is 24.5. The van der Waals surface area contributed by atoms with E-state index in [9.17, 15) is 0 Å². The minimum absolute atomic E-state index is 0.0184. The summed E-state index contributed by atoms with van der Waals surface area (Å²) in [6.07, 6.45) is 23.6. The van der Waals surface area contributed by atoms with Crippen molar-refractivity contribution in [1.82, 2.24) is 4.90 Å². The number of unbranched alkanes of at least 4 members (excludes halogenated alkanes) is 2. The fourth-order valence-corrected chi connectivity index (χ4v) is 5.58. The number of hydrogen-bond donors (Lipinski definition) is 0. The van der Waals surface area contributed by atoms with Crippen molar-refractivity contribution >= 4 is 11.4 Å². The molecule has 0 radical (unpaired) electrons. The van der Waals surface area contributed by atoms with E-state index in [0.29, 0.717) is 0 Å². The first-order valence-electron chi connectivity index (χ1n) is 14.3. The Morgan fingerprint density at radius 1 is 0.947 bits per heavy atom. The second-order valence-corrected chi connectivity index (χ2v) is 11.1. The Hall–Kier alpha value is -3.13. The minimum Gasteiger partial charge on any atom is -0.347 e. The first-order valence-corrected chi connectivity index (χ1v) is 14.3. The summed E-state index contributed by atoms with van der Waals surface area (Å²) in [7, 11) is 2.11. The van der Waals surface area contributed by atoms with Gasteiger partial charge < -0.3 is 4.90 Å². The van der Waals surface area contributed by atoms with Crippen LogP contribution in [-0.4, -0.2) is 28.8 Å². The van der Waals surface area contributed by atoms with Gasteiger partial charge >= 0.3 is 0 Å². The lowest BCUT2D eigenvalue weighted by Gasteiger charge is -2.25. The molecule has 204 valence electrons. The fourth-order valence-electron chi connectivity index (χ4n) is 5.58. The van der Waals surface area contributed by atoms with E-state index >= 15 is 0 Å². The minimum atomic E-state index is -0.0184. The Bertz CT molecular complexity index is 1160. The molecular formula is C36H51N2+. The van der Waals surface area contributed by atoms with Crippen molar-refractivity contribution in [3.8, 4) is 0 Å². The molecule has 2 heterocycles. The van der Waals surface area contributed by atoms with Crippen LogP contribution in [0, 0.1) is 5.41 Å². The topological polar surface area (TPSA) is 6.25 Å². The van der Waals surface area contributed by atoms with Crippen molar-refractivity contribution in [2.75, 3.05) is 13.6 Å². The first kappa shape index (κ1) is 31.1. The first-order chi connectivity index (χ1) is 18.1. The van der Waals surface area contributed by atoms with Gasteiger partial charge in [0.05, 0.1) is 5.41 Å². The van der Waals surface area contributed by atoms with Gasteiger partial charge in [0.15, 0.2) is 5.71 Å². The smallest absolute Gasteiger partial charge is 0.209 e. The highest BCUT2D eigenvalue weighted by Gasteiger charge is 2.43. The Labute approximate surface area is 233 Å². The molecule has 0 saturated heterocycles. The largest absolute Gasteiger partial charge is 0.347 e. The van der Waals surface area contributed by atoms with Crippen LogP contribution in [0.4, 0.5) is 5.69 Å². The van der Waals surface area contributed by atoms with Crippen molar-refractivity contribution < 1.29 is 4.58 Å². The lowest BCUT2D eigenvalue weighted by molar-refractivity contribution is -0.438. The number of nitrogens with zero attached hydrogens (tertiary/aromatic N) is 2. The van der Waals surface area contributed by atoms with Crippen LogP contribution in [-0.2, 0) is 5.41 Å². The van der Waals surface area contributed by atoms with Gasteiger partial charge in [-0.1, -0.05) is 102 Å². The van der Waals surface area contributed by atoms with Gasteiger partial charge in [-0.15, -0.1) is 0 Å². The third-order valence-corrected chi connectivity index (χ3v) is 7.64. The highest BCUT2D eigenvalue weighted by Crippen LogP contribution is 2.46. The van der Waals surface area contributed by atoms with Gasteiger partial charge in [-0.3, -0.25) is 0 Å². The standard InChI is InChI=1S/C18H26N.C18H25N/c1-5-7-10-14-19-16-13-9-8-12-15(16)18(3,4)17(19)11-6-2;1-7-10-12-14-17-18(4,5)15(9-3)16(19(17)6)13-11-8-2/h6,8-9,11-13H,5,7,10,14H2,1-4H3;7,9-14H,1,3,8H2,2,4-6H3/q+1;/b11-6+;12-10+,13-11-,17-14+. The highest BCUT2D eigenvalue weighted by molar-refractivity contribution is 6.02. The Balaban J connectivity index is 0.000000267. The molecule has 1 aromatic rings. The van der Waals surface area contributed by atoms with Crippen molar-refractivity contribution in [3.05, 3.63) is 115 Å². The molecule has 0 aliphatic carbocycles. The van der Waals surface area contributed by atoms with Crippen LogP contribution >= 0.6 is 0 Å². The molecule has 2 aliphatic rings. The monoisotopic (exact) mass is 511 g/mol. The van der Waals surface area contributed by atoms with Crippen molar-refractivity contribution in [2.45, 2.75) is 79.6 Å². The van der Waals surface area contributed by atoms with E-state index < -0.39 is 0 Å². The van der Waals surface area contributed by atoms with Crippen LogP contribution in [0.1, 0.15) is 79.7 Å². The van der Waals surface area contributed by atoms with Gasteiger partial charge in [-0.2, -0.15) is 4.58 Å². The van der Waals surface area contributed by atoms with Crippen molar-refractivity contribution in [2.24, 2.45) is 5.41 Å². The summed E-state index contributed by atoms with van der Waals surface area (Å²) in [6, 6.07) is 8.85. The molecule has 0 N–H and O–H groups in total. The Kier molecular flexibility index (Phi) is 11.6. The van der Waals surface area contributed by atoms with Gasteiger partial charge in [0, 0.05) is 48.0 Å². The Morgan fingerprint density at radius 3 is 2.26 bits per heavy atom. The summed E-state index contributed by atoms with van der Waals surface area (Å²) in [5.41, 5.74) is 8.18. The average Bonchev–Trinajstić information content (AvgIpc) is 3.21. The van der Waals surface area contributed by atoms with Gasteiger partial charge in [0.25, 0.3) is 0 Å². The maximum absolute atomic E-state index is 3.98. The van der Waals surface area contributed by atoms with Gasteiger partial charge in [-0.25, -0.2) is 0 Å². The molecule has 0 saturated carbocycles. The maximum atomic E-state index is 3.98. The quantitative estimate of drug-likeness (QED) is 0.172. The van der Waals surface area contributed by atoms with E-state index in [2.05, 4.69) is 133 Å². The molecule has 2 aliphatic heterocycles. The predicted octanol–water partition coefficient (Wildman–Crippen LogP) is 9.82. The SMILES string of the molecule is C/C=C/C1=[N+](CCCCC)c2ccccc2C1(C)C.C=C/C=C/C=C1/N(C)C(/C=C\CC)=C(C=C)C1(C)C. The average molecular weight is 512 g/mol. The summed E-state index contributed by atoms with van der Waals surface area (Å²) < 4.78 is 2.52. The molecule has 3 rings (SSSR count). The number of allylic oxidation sites excluding steroid dienone is 10. The number of benzene rings is 1. The number of fused-ring (bicyclic) bond motifs is 1. The second kappa shape index (κ2) is 14.1. The van der Waals surface area contributed by atoms with E-state index in [1.54, 1.807) is 6.08 Å². The van der Waals surface area contributed by atoms with Crippen molar-refractivity contribution in [1.29, 1.82) is 0 Å². The van der Waals surface area contributed by atoms with Gasteiger partial charge in [0.1, 0.15) is 6.54 Å². The Morgan fingerprint density at radius 2 is 1.66 bits per heavy atom. The number of rotatable bonds is 10. The summed E-state index contributed by atoms with van der Waals surface area (Å²) in [4.78, 5) is 2.25. The normalized spacial score (nSPS) is 19.2. The molecule has 38 heavy (non-hydrogen) atoms. The van der Waals surface area contributed by atoms with E-state index in [1.807, 2.05) is 18.2 Å². The van der Waals surface area contributed by atoms with Crippen LogP contribution in [0.3, 0.4) is 0 Å². The predicted molar refractivity (Wildman–Crippen MR) is 169 cm³/mol. The van der Waals surface area contributed by atoms with Gasteiger partial charge in [-0.05, 0) is 51.3 Å². The zero-order valence-corrected chi connectivity index (χ0v) is 25.3. The third-order valence-electron chi connectivity index (χ3n) is 7.64. The lowest BCUT2D eigenvalue weighted by Crippen LogP contribution is -2.27. The van der Waals surface area contributed by atoms with E-state index in [0.717, 1.165) is 13.0 Å². The second-order valence-electron chi connectivity index (χ2n) is 11.1. The van der Waals surface area contributed by atoms with Gasteiger partial charge in [0.2, 0.25) is 5.69 Å². The third kappa shape index (κ3) is 6.65. The van der Waals surface area contributed by atoms with E-state index in [1.165, 1.54) is 53.2 Å². The molecule has 0 aromatic heterocycles. The van der Waals surface area contributed by atoms with E-state index in [4.69, 9.17) is 0 Å². The van der Waals surface area contributed by atoms with Crippen molar-refractivity contribution in [3.63, 3.8) is 0 Å². The molecule has 0 bridgehead atoms. The molecule has 1 aromatic carbocycles. The number of likely N-dealkylation sites (N-methyl/N-ethyl adjacent to an activating group) is 1. The maximum Gasteiger partial charge on any atom is 0.209 e. The number of para-hydroxylation sites is 1. The molecule has 0 fully saturated rings.